The molecular weight excluding hydrogens is 182 g/mol. The molecule has 1 aliphatic rings. The standard InChI is InChI=1S/C10H11NO3/c1-3-4-7-9-8(14-11-7)5-6(2)13-10(9)12/h3-4,6H,5H2,1-2H3/b4-3+. The Kier molecular flexibility index (Phi) is 2.11. The van der Waals surface area contributed by atoms with Gasteiger partial charge in [0.2, 0.25) is 0 Å². The maximum absolute atomic E-state index is 11.5. The summed E-state index contributed by atoms with van der Waals surface area (Å²) in [5, 5.41) is 3.81. The first-order valence-corrected chi connectivity index (χ1v) is 4.54. The summed E-state index contributed by atoms with van der Waals surface area (Å²) in [5.74, 6) is 0.287. The fourth-order valence-corrected chi connectivity index (χ4v) is 1.51. The van der Waals surface area contributed by atoms with Crippen molar-refractivity contribution >= 4 is 12.0 Å². The van der Waals surface area contributed by atoms with E-state index < -0.39 is 0 Å². The third kappa shape index (κ3) is 1.32. The highest BCUT2D eigenvalue weighted by Crippen LogP contribution is 2.24. The van der Waals surface area contributed by atoms with E-state index in [4.69, 9.17) is 9.26 Å². The van der Waals surface area contributed by atoms with Crippen molar-refractivity contribution in [1.82, 2.24) is 5.16 Å². The molecule has 0 amide bonds. The van der Waals surface area contributed by atoms with E-state index in [-0.39, 0.29) is 12.1 Å². The Morgan fingerprint density at radius 1 is 1.57 bits per heavy atom. The molecule has 1 atom stereocenters. The fourth-order valence-electron chi connectivity index (χ4n) is 1.51. The van der Waals surface area contributed by atoms with Crippen LogP contribution in [0.3, 0.4) is 0 Å². The molecule has 1 aromatic heterocycles. The van der Waals surface area contributed by atoms with Gasteiger partial charge in [-0.3, -0.25) is 0 Å². The molecule has 1 unspecified atom stereocenters. The van der Waals surface area contributed by atoms with Gasteiger partial charge < -0.3 is 9.26 Å². The Morgan fingerprint density at radius 3 is 3.07 bits per heavy atom. The maximum Gasteiger partial charge on any atom is 0.344 e. The number of esters is 1. The van der Waals surface area contributed by atoms with E-state index >= 15 is 0 Å². The van der Waals surface area contributed by atoms with E-state index in [0.29, 0.717) is 23.4 Å². The van der Waals surface area contributed by atoms with Gasteiger partial charge in [0.25, 0.3) is 0 Å². The van der Waals surface area contributed by atoms with E-state index in [0.717, 1.165) is 0 Å². The van der Waals surface area contributed by atoms with Crippen molar-refractivity contribution < 1.29 is 14.1 Å². The van der Waals surface area contributed by atoms with E-state index in [2.05, 4.69) is 5.16 Å². The van der Waals surface area contributed by atoms with Gasteiger partial charge in [0.15, 0.2) is 5.76 Å². The predicted molar refractivity (Wildman–Crippen MR) is 49.8 cm³/mol. The topological polar surface area (TPSA) is 52.3 Å². The summed E-state index contributed by atoms with van der Waals surface area (Å²) in [6.45, 7) is 3.69. The molecule has 0 radical (unpaired) electrons. The summed E-state index contributed by atoms with van der Waals surface area (Å²) in [7, 11) is 0. The average Bonchev–Trinajstić information content (AvgIpc) is 2.49. The van der Waals surface area contributed by atoms with Gasteiger partial charge in [0.1, 0.15) is 17.4 Å². The lowest BCUT2D eigenvalue weighted by Crippen LogP contribution is -2.24. The Hall–Kier alpha value is -1.58. The minimum absolute atomic E-state index is 0.124. The van der Waals surface area contributed by atoms with E-state index in [1.807, 2.05) is 19.9 Å². The lowest BCUT2D eigenvalue weighted by atomic mass is 10.1. The van der Waals surface area contributed by atoms with Crippen LogP contribution in [-0.4, -0.2) is 17.2 Å². The number of nitrogens with zero attached hydrogens (tertiary/aromatic N) is 1. The lowest BCUT2D eigenvalue weighted by Gasteiger charge is -2.16. The molecule has 0 aromatic carbocycles. The highest BCUT2D eigenvalue weighted by Gasteiger charge is 2.30. The lowest BCUT2D eigenvalue weighted by molar-refractivity contribution is 0.0280. The summed E-state index contributed by atoms with van der Waals surface area (Å²) in [6, 6.07) is 0. The number of allylic oxidation sites excluding steroid dienone is 1. The second kappa shape index (κ2) is 3.29. The van der Waals surface area contributed by atoms with Crippen molar-refractivity contribution in [3.63, 3.8) is 0 Å². The van der Waals surface area contributed by atoms with Crippen LogP contribution in [0.15, 0.2) is 10.6 Å². The zero-order valence-electron chi connectivity index (χ0n) is 8.11. The summed E-state index contributed by atoms with van der Waals surface area (Å²) in [4.78, 5) is 11.5. The van der Waals surface area contributed by atoms with Crippen LogP contribution in [0.4, 0.5) is 0 Å². The van der Waals surface area contributed by atoms with Gasteiger partial charge in [-0.2, -0.15) is 0 Å². The zero-order chi connectivity index (χ0) is 10.1. The number of aromatic nitrogens is 1. The van der Waals surface area contributed by atoms with Gasteiger partial charge in [-0.05, 0) is 19.9 Å². The largest absolute Gasteiger partial charge is 0.458 e. The van der Waals surface area contributed by atoms with Gasteiger partial charge >= 0.3 is 5.97 Å². The minimum atomic E-state index is -0.340. The molecule has 14 heavy (non-hydrogen) atoms. The monoisotopic (exact) mass is 193 g/mol. The van der Waals surface area contributed by atoms with E-state index in [9.17, 15) is 4.79 Å². The predicted octanol–water partition coefficient (Wildman–Crippen LogP) is 1.81. The molecule has 0 aliphatic carbocycles. The van der Waals surface area contributed by atoms with E-state index in [1.54, 1.807) is 6.08 Å². The van der Waals surface area contributed by atoms with Crippen molar-refractivity contribution in [1.29, 1.82) is 0 Å². The average molecular weight is 193 g/mol. The van der Waals surface area contributed by atoms with Gasteiger partial charge in [0, 0.05) is 6.42 Å². The SMILES string of the molecule is C/C=C/c1noc2c1C(=O)OC(C)C2. The van der Waals surface area contributed by atoms with Crippen molar-refractivity contribution in [3.8, 4) is 0 Å². The molecule has 2 rings (SSSR count). The van der Waals surface area contributed by atoms with Gasteiger partial charge in [-0.1, -0.05) is 11.2 Å². The summed E-state index contributed by atoms with van der Waals surface area (Å²) < 4.78 is 10.2. The molecule has 0 spiro atoms. The molecule has 0 saturated carbocycles. The van der Waals surface area contributed by atoms with Crippen LogP contribution in [0.5, 0.6) is 0 Å². The molecule has 4 heteroatoms. The first-order valence-electron chi connectivity index (χ1n) is 4.54. The summed E-state index contributed by atoms with van der Waals surface area (Å²) in [6.07, 6.45) is 4.02. The maximum atomic E-state index is 11.5. The summed E-state index contributed by atoms with van der Waals surface area (Å²) in [5.41, 5.74) is 1.03. The minimum Gasteiger partial charge on any atom is -0.458 e. The highest BCUT2D eigenvalue weighted by atomic mass is 16.5. The van der Waals surface area contributed by atoms with Crippen LogP contribution in [0.1, 0.15) is 35.7 Å². The molecule has 74 valence electrons. The van der Waals surface area contributed by atoms with Crippen LogP contribution in [-0.2, 0) is 11.2 Å². The number of hydrogen-bond donors (Lipinski definition) is 0. The van der Waals surface area contributed by atoms with Crippen LogP contribution >= 0.6 is 0 Å². The molecule has 1 aromatic rings. The Morgan fingerprint density at radius 2 is 2.36 bits per heavy atom. The number of hydrogen-bond acceptors (Lipinski definition) is 4. The molecule has 0 N–H and O–H groups in total. The third-order valence-electron chi connectivity index (χ3n) is 2.10. The number of fused-ring (bicyclic) bond motifs is 1. The van der Waals surface area contributed by atoms with Crippen molar-refractivity contribution in [2.75, 3.05) is 0 Å². The smallest absolute Gasteiger partial charge is 0.344 e. The first kappa shape index (κ1) is 8.99. The molecule has 1 aliphatic heterocycles. The third-order valence-corrected chi connectivity index (χ3v) is 2.10. The Labute approximate surface area is 81.5 Å². The van der Waals surface area contributed by atoms with Crippen LogP contribution in [0, 0.1) is 0 Å². The van der Waals surface area contributed by atoms with Crippen LogP contribution in [0.2, 0.25) is 0 Å². The van der Waals surface area contributed by atoms with E-state index in [1.165, 1.54) is 0 Å². The van der Waals surface area contributed by atoms with Gasteiger partial charge in [-0.15, -0.1) is 0 Å². The number of rotatable bonds is 1. The van der Waals surface area contributed by atoms with Gasteiger partial charge in [0.05, 0.1) is 0 Å². The quantitative estimate of drug-likeness (QED) is 0.638. The first-order chi connectivity index (χ1) is 6.72. The second-order valence-electron chi connectivity index (χ2n) is 3.29. The second-order valence-corrected chi connectivity index (χ2v) is 3.29. The molecule has 0 bridgehead atoms. The molecule has 0 saturated heterocycles. The number of carbonyl (C=O) groups excluding carboxylic acids is 1. The number of carbonyl (C=O) groups is 1. The van der Waals surface area contributed by atoms with Crippen LogP contribution < -0.4 is 0 Å². The molecule has 0 fully saturated rings. The normalized spacial score (nSPS) is 21.0. The number of cyclic esters (lactones) is 1. The highest BCUT2D eigenvalue weighted by molar-refractivity contribution is 5.94. The van der Waals surface area contributed by atoms with Crippen molar-refractivity contribution in [3.05, 3.63) is 23.1 Å². The Bertz CT molecular complexity index is 392. The Balaban J connectivity index is 2.46. The van der Waals surface area contributed by atoms with Crippen LogP contribution in [0.25, 0.3) is 6.08 Å². The fraction of sp³-hybridized carbons (Fsp3) is 0.400. The van der Waals surface area contributed by atoms with Crippen molar-refractivity contribution in [2.45, 2.75) is 26.4 Å². The zero-order valence-corrected chi connectivity index (χ0v) is 8.11. The molecular formula is C10H11NO3. The summed E-state index contributed by atoms with van der Waals surface area (Å²) >= 11 is 0. The van der Waals surface area contributed by atoms with Gasteiger partial charge in [-0.25, -0.2) is 4.79 Å². The van der Waals surface area contributed by atoms with Crippen molar-refractivity contribution in [2.24, 2.45) is 0 Å². The molecule has 2 heterocycles. The molecule has 4 nitrogen and oxygen atoms in total. The number of ether oxygens (including phenoxy) is 1.